The average Bonchev–Trinajstić information content (AvgIpc) is 1.93. The zero-order valence-electron chi connectivity index (χ0n) is 10.7. The van der Waals surface area contributed by atoms with Crippen LogP contribution < -0.4 is 0 Å². The number of carboxylic acids is 1. The molecule has 0 aromatic heterocycles. The SMILES string of the molecule is CC(C)(C)OC(=O)/C(=C/C(=O)O)[Si](C)(C)C. The van der Waals surface area contributed by atoms with Gasteiger partial charge in [0.2, 0.25) is 0 Å². The van der Waals surface area contributed by atoms with E-state index in [-0.39, 0.29) is 0 Å². The lowest BCUT2D eigenvalue weighted by molar-refractivity contribution is -0.149. The van der Waals surface area contributed by atoms with Crippen molar-refractivity contribution in [2.24, 2.45) is 0 Å². The predicted molar refractivity (Wildman–Crippen MR) is 64.9 cm³/mol. The molecule has 5 heteroatoms. The smallest absolute Gasteiger partial charge is 0.330 e. The quantitative estimate of drug-likeness (QED) is 0.470. The molecule has 4 nitrogen and oxygen atoms in total. The molecule has 0 saturated heterocycles. The van der Waals surface area contributed by atoms with Gasteiger partial charge in [-0.2, -0.15) is 0 Å². The minimum atomic E-state index is -2.01. The third kappa shape index (κ3) is 5.70. The van der Waals surface area contributed by atoms with Crippen LogP contribution in [0.2, 0.25) is 19.6 Å². The zero-order chi connectivity index (χ0) is 13.1. The average molecular weight is 244 g/mol. The van der Waals surface area contributed by atoms with Crippen molar-refractivity contribution < 1.29 is 19.4 Å². The molecule has 16 heavy (non-hydrogen) atoms. The van der Waals surface area contributed by atoms with Crippen molar-refractivity contribution >= 4 is 20.0 Å². The lowest BCUT2D eigenvalue weighted by atomic mass is 10.2. The second-order valence-corrected chi connectivity index (χ2v) is 10.7. The first-order valence-corrected chi connectivity index (χ1v) is 8.62. The number of carbonyl (C=O) groups is 2. The van der Waals surface area contributed by atoms with Gasteiger partial charge in [-0.25, -0.2) is 9.59 Å². The van der Waals surface area contributed by atoms with Crippen LogP contribution in [0.4, 0.5) is 0 Å². The summed E-state index contributed by atoms with van der Waals surface area (Å²) in [6.07, 6.45) is 0.973. The minimum Gasteiger partial charge on any atom is -0.478 e. The Labute approximate surface area is 97.3 Å². The molecule has 0 unspecified atom stereocenters. The van der Waals surface area contributed by atoms with E-state index in [0.717, 1.165) is 6.08 Å². The first-order chi connectivity index (χ1) is 6.93. The van der Waals surface area contributed by atoms with Crippen molar-refractivity contribution in [2.45, 2.75) is 46.0 Å². The summed E-state index contributed by atoms with van der Waals surface area (Å²) in [5.74, 6) is -1.63. The van der Waals surface area contributed by atoms with E-state index >= 15 is 0 Å². The first kappa shape index (κ1) is 14.9. The van der Waals surface area contributed by atoms with E-state index in [1.165, 1.54) is 0 Å². The Hall–Kier alpha value is -1.10. The van der Waals surface area contributed by atoms with Crippen LogP contribution in [0.15, 0.2) is 11.3 Å². The summed E-state index contributed by atoms with van der Waals surface area (Å²) in [5.41, 5.74) is -0.603. The molecule has 0 amide bonds. The van der Waals surface area contributed by atoms with Crippen LogP contribution in [-0.2, 0) is 14.3 Å². The second kappa shape index (κ2) is 4.82. The Bertz CT molecular complexity index is 318. The number of hydrogen-bond acceptors (Lipinski definition) is 3. The normalized spacial score (nSPS) is 13.5. The largest absolute Gasteiger partial charge is 0.478 e. The molecule has 0 bridgehead atoms. The van der Waals surface area contributed by atoms with Crippen LogP contribution in [-0.4, -0.2) is 30.7 Å². The van der Waals surface area contributed by atoms with Crippen LogP contribution in [0.1, 0.15) is 20.8 Å². The molecule has 1 N–H and O–H groups in total. The number of carbonyl (C=O) groups excluding carboxylic acids is 1. The molecule has 0 heterocycles. The fourth-order valence-electron chi connectivity index (χ4n) is 1.04. The van der Waals surface area contributed by atoms with E-state index in [4.69, 9.17) is 9.84 Å². The maximum Gasteiger partial charge on any atom is 0.330 e. The number of hydrogen-bond donors (Lipinski definition) is 1. The van der Waals surface area contributed by atoms with E-state index in [2.05, 4.69) is 0 Å². The van der Waals surface area contributed by atoms with Gasteiger partial charge in [0.1, 0.15) is 5.60 Å². The molecule has 0 fully saturated rings. The number of aliphatic carboxylic acids is 1. The Morgan fingerprint density at radius 2 is 1.62 bits per heavy atom. The maximum atomic E-state index is 11.8. The van der Waals surface area contributed by atoms with Crippen molar-refractivity contribution in [2.75, 3.05) is 0 Å². The van der Waals surface area contributed by atoms with E-state index in [1.807, 2.05) is 19.6 Å². The molecule has 0 atom stereocenters. The molecule has 0 aliphatic carbocycles. The van der Waals surface area contributed by atoms with Crippen LogP contribution >= 0.6 is 0 Å². The van der Waals surface area contributed by atoms with Crippen LogP contribution in [0, 0.1) is 0 Å². The van der Waals surface area contributed by atoms with E-state index in [0.29, 0.717) is 5.20 Å². The van der Waals surface area contributed by atoms with E-state index in [1.54, 1.807) is 20.8 Å². The van der Waals surface area contributed by atoms with Gasteiger partial charge < -0.3 is 9.84 Å². The molecular formula is C11H20O4Si. The van der Waals surface area contributed by atoms with Crippen molar-refractivity contribution in [3.05, 3.63) is 11.3 Å². The Morgan fingerprint density at radius 1 is 1.19 bits per heavy atom. The van der Waals surface area contributed by atoms with Gasteiger partial charge in [-0.3, -0.25) is 0 Å². The van der Waals surface area contributed by atoms with Crippen molar-refractivity contribution in [1.82, 2.24) is 0 Å². The Morgan fingerprint density at radius 3 is 1.88 bits per heavy atom. The fraction of sp³-hybridized carbons (Fsp3) is 0.636. The molecule has 0 aliphatic rings. The molecule has 0 aromatic carbocycles. The van der Waals surface area contributed by atoms with Crippen molar-refractivity contribution in [3.8, 4) is 0 Å². The Balaban J connectivity index is 5.10. The highest BCUT2D eigenvalue weighted by Gasteiger charge is 2.30. The van der Waals surface area contributed by atoms with E-state index in [9.17, 15) is 9.59 Å². The van der Waals surface area contributed by atoms with Crippen molar-refractivity contribution in [1.29, 1.82) is 0 Å². The standard InChI is InChI=1S/C11H20O4Si/c1-11(2,3)15-10(14)8(7-9(12)13)16(4,5)6/h7H,1-6H3,(H,12,13)/b8-7-. The lowest BCUT2D eigenvalue weighted by Crippen LogP contribution is -2.35. The topological polar surface area (TPSA) is 63.6 Å². The maximum absolute atomic E-state index is 11.8. The number of esters is 1. The molecule has 0 aliphatic heterocycles. The predicted octanol–water partition coefficient (Wildman–Crippen LogP) is 2.22. The third-order valence-corrected chi connectivity index (χ3v) is 3.66. The summed E-state index contributed by atoms with van der Waals surface area (Å²) in [4.78, 5) is 22.5. The van der Waals surface area contributed by atoms with Gasteiger partial charge in [0.15, 0.2) is 0 Å². The molecule has 92 valence electrons. The molecule has 0 spiro atoms. The number of ether oxygens (including phenoxy) is 1. The summed E-state index contributed by atoms with van der Waals surface area (Å²) >= 11 is 0. The van der Waals surface area contributed by atoms with Crippen LogP contribution in [0.25, 0.3) is 0 Å². The van der Waals surface area contributed by atoms with Gasteiger partial charge in [-0.1, -0.05) is 19.6 Å². The monoisotopic (exact) mass is 244 g/mol. The molecule has 0 aromatic rings. The zero-order valence-corrected chi connectivity index (χ0v) is 11.7. The molecule has 0 rings (SSSR count). The van der Waals surface area contributed by atoms with Gasteiger partial charge in [0.25, 0.3) is 0 Å². The summed E-state index contributed by atoms with van der Waals surface area (Å²) in [5, 5.41) is 9.03. The van der Waals surface area contributed by atoms with Crippen LogP contribution in [0.5, 0.6) is 0 Å². The van der Waals surface area contributed by atoms with Gasteiger partial charge in [0, 0.05) is 11.3 Å². The van der Waals surface area contributed by atoms with Gasteiger partial charge >= 0.3 is 11.9 Å². The van der Waals surface area contributed by atoms with Gasteiger partial charge in [0.05, 0.1) is 8.07 Å². The van der Waals surface area contributed by atoms with Crippen molar-refractivity contribution in [3.63, 3.8) is 0 Å². The highest BCUT2D eigenvalue weighted by molar-refractivity contribution is 6.87. The minimum absolute atomic E-state index is 0.301. The summed E-state index contributed by atoms with van der Waals surface area (Å²) in [6, 6.07) is 0. The van der Waals surface area contributed by atoms with E-state index < -0.39 is 25.6 Å². The highest BCUT2D eigenvalue weighted by atomic mass is 28.3. The third-order valence-electron chi connectivity index (χ3n) is 1.69. The lowest BCUT2D eigenvalue weighted by Gasteiger charge is -2.25. The molecule has 0 saturated carbocycles. The van der Waals surface area contributed by atoms with Gasteiger partial charge in [-0.05, 0) is 20.8 Å². The van der Waals surface area contributed by atoms with Gasteiger partial charge in [-0.15, -0.1) is 0 Å². The summed E-state index contributed by atoms with van der Waals surface area (Å²) in [6.45, 7) is 11.0. The molecule has 0 radical (unpaired) electrons. The molecular weight excluding hydrogens is 224 g/mol. The number of carboxylic acid groups (broad SMARTS) is 1. The highest BCUT2D eigenvalue weighted by Crippen LogP contribution is 2.19. The first-order valence-electron chi connectivity index (χ1n) is 5.12. The fourth-order valence-corrected chi connectivity index (χ4v) is 2.26. The Kier molecular flexibility index (Phi) is 4.49. The summed E-state index contributed by atoms with van der Waals surface area (Å²) < 4.78 is 5.19. The second-order valence-electron chi connectivity index (χ2n) is 5.65. The number of rotatable bonds is 3. The summed E-state index contributed by atoms with van der Waals surface area (Å²) in [7, 11) is -2.01. The van der Waals surface area contributed by atoms with Crippen LogP contribution in [0.3, 0.4) is 0 Å².